The fraction of sp³-hybridized carbons (Fsp3) is 0.920. The second-order valence-corrected chi connectivity index (χ2v) is 31.7. The van der Waals surface area contributed by atoms with Gasteiger partial charge in [0.05, 0.1) is 38.6 Å². The summed E-state index contributed by atoms with van der Waals surface area (Å²) >= 11 is 0. The lowest BCUT2D eigenvalue weighted by atomic mass is 9.96. The van der Waals surface area contributed by atoms with E-state index in [1.165, 1.54) is 302 Å². The third kappa shape index (κ3) is 46.3. The van der Waals surface area contributed by atoms with Crippen molar-refractivity contribution in [1.29, 1.82) is 0 Å². The van der Waals surface area contributed by atoms with Gasteiger partial charge in [0, 0.05) is 6.42 Å². The molecule has 19 nitrogen and oxygen atoms in total. The smallest absolute Gasteiger partial charge is 0.220 e. The van der Waals surface area contributed by atoms with Crippen LogP contribution in [0.1, 0.15) is 380 Å². The topological polar surface area (TPSA) is 307 Å². The first-order valence-corrected chi connectivity index (χ1v) is 44.2. The zero-order chi connectivity index (χ0) is 76.7. The summed E-state index contributed by atoms with van der Waals surface area (Å²) < 4.78 is 34.5. The number of unbranched alkanes of at least 4 members (excludes halogenated alkanes) is 52. The van der Waals surface area contributed by atoms with Crippen LogP contribution in [0, 0.1) is 0 Å². The van der Waals surface area contributed by atoms with Gasteiger partial charge in [-0.15, -0.1) is 0 Å². The lowest BCUT2D eigenvalue weighted by molar-refractivity contribution is -0.379. The van der Waals surface area contributed by atoms with Crippen LogP contribution in [0.4, 0.5) is 0 Å². The minimum Gasteiger partial charge on any atom is -0.394 e. The van der Waals surface area contributed by atoms with E-state index < -0.39 is 124 Å². The highest BCUT2D eigenvalue weighted by Crippen LogP contribution is 2.34. The Kier molecular flexibility index (Phi) is 62.5. The van der Waals surface area contributed by atoms with E-state index >= 15 is 0 Å². The van der Waals surface area contributed by atoms with Crippen molar-refractivity contribution in [2.24, 2.45) is 0 Å². The van der Waals surface area contributed by atoms with Gasteiger partial charge in [0.2, 0.25) is 5.91 Å². The van der Waals surface area contributed by atoms with Crippen molar-refractivity contribution in [3.8, 4) is 0 Å². The molecular formula is C87H163NO18. The van der Waals surface area contributed by atoms with Crippen molar-refractivity contribution in [3.63, 3.8) is 0 Å². The van der Waals surface area contributed by atoms with E-state index in [9.17, 15) is 61.0 Å². The molecule has 0 aromatic heterocycles. The maximum Gasteiger partial charge on any atom is 0.220 e. The van der Waals surface area contributed by atoms with E-state index in [1.807, 2.05) is 6.08 Å². The molecule has 0 radical (unpaired) electrons. The zero-order valence-corrected chi connectivity index (χ0v) is 67.2. The Hall–Kier alpha value is -1.99. The number of aliphatic hydroxyl groups is 11. The molecule has 0 aliphatic carbocycles. The van der Waals surface area contributed by atoms with Crippen molar-refractivity contribution in [2.45, 2.75) is 484 Å². The molecule has 0 aromatic rings. The molecular weight excluding hydrogens is 1350 g/mol. The predicted molar refractivity (Wildman–Crippen MR) is 425 cm³/mol. The molecule has 0 saturated carbocycles. The first-order valence-electron chi connectivity index (χ1n) is 44.2. The van der Waals surface area contributed by atoms with Crippen LogP contribution in [0.2, 0.25) is 0 Å². The monoisotopic (exact) mass is 1510 g/mol. The normalized spacial score (nSPS) is 25.8. The van der Waals surface area contributed by atoms with Crippen LogP contribution >= 0.6 is 0 Å². The Morgan fingerprint density at radius 2 is 0.604 bits per heavy atom. The third-order valence-electron chi connectivity index (χ3n) is 22.2. The van der Waals surface area contributed by atoms with Crippen LogP contribution in [0.15, 0.2) is 36.5 Å². The van der Waals surface area contributed by atoms with Gasteiger partial charge in [-0.25, -0.2) is 0 Å². The van der Waals surface area contributed by atoms with Gasteiger partial charge in [-0.2, -0.15) is 0 Å². The molecule has 3 saturated heterocycles. The van der Waals surface area contributed by atoms with Crippen LogP contribution in [0.5, 0.6) is 0 Å². The van der Waals surface area contributed by atoms with Crippen molar-refractivity contribution >= 4 is 5.91 Å². The molecule has 17 atom stereocenters. The number of amides is 1. The highest BCUT2D eigenvalue weighted by Gasteiger charge is 2.54. The number of ether oxygens (including phenoxy) is 6. The summed E-state index contributed by atoms with van der Waals surface area (Å²) in [5, 5.41) is 121. The van der Waals surface area contributed by atoms with Crippen LogP contribution in [-0.4, -0.2) is 193 Å². The standard InChI is InChI=1S/C87H163NO18/c1-3-5-7-9-11-13-15-17-19-21-23-25-27-29-30-31-32-33-34-35-36-37-38-39-41-43-45-47-49-51-53-55-57-59-61-63-65-75(93)88-70(71(92)64-62-60-58-56-54-52-50-48-46-44-42-40-28-26-24-22-20-18-16-14-12-10-8-6-4-2)69-101-85-81(99)78(96)83(73(67-90)103-85)106-87-82(100)79(97)84(74(68-91)104-87)105-86-80(98)77(95)76(94)72(66-89)102-86/h46,48,54,56,62,64,70-74,76-87,89-92,94-100H,3-45,47,49-53,55,57-61,63,65-69H2,1-2H3,(H,88,93)/b48-46+,56-54+,64-62+. The van der Waals surface area contributed by atoms with Crippen molar-refractivity contribution < 1.29 is 89.4 Å². The van der Waals surface area contributed by atoms with Gasteiger partial charge in [-0.05, 0) is 44.9 Å². The van der Waals surface area contributed by atoms with Gasteiger partial charge < -0.3 is 89.9 Å². The minimum atomic E-state index is -1.98. The van der Waals surface area contributed by atoms with Gasteiger partial charge in [-0.3, -0.25) is 4.79 Å². The Bertz CT molecular complexity index is 2050. The number of aliphatic hydroxyl groups excluding tert-OH is 11. The number of nitrogens with one attached hydrogen (secondary N) is 1. The molecule has 3 heterocycles. The van der Waals surface area contributed by atoms with Crippen molar-refractivity contribution in [2.75, 3.05) is 26.4 Å². The average molecular weight is 1510 g/mol. The van der Waals surface area contributed by atoms with Crippen molar-refractivity contribution in [3.05, 3.63) is 36.5 Å². The summed E-state index contributed by atoms with van der Waals surface area (Å²) in [6, 6.07) is -0.997. The largest absolute Gasteiger partial charge is 0.394 e. The fourth-order valence-electron chi connectivity index (χ4n) is 15.1. The first-order chi connectivity index (χ1) is 51.8. The molecule has 3 aliphatic heterocycles. The van der Waals surface area contributed by atoms with E-state index in [2.05, 4.69) is 43.5 Å². The second kappa shape index (κ2) is 67.5. The molecule has 0 aromatic carbocycles. The third-order valence-corrected chi connectivity index (χ3v) is 22.2. The number of allylic oxidation sites excluding steroid dienone is 5. The van der Waals surface area contributed by atoms with Crippen molar-refractivity contribution in [1.82, 2.24) is 5.32 Å². The van der Waals surface area contributed by atoms with Crippen LogP contribution < -0.4 is 5.32 Å². The van der Waals surface area contributed by atoms with Gasteiger partial charge in [0.1, 0.15) is 73.2 Å². The van der Waals surface area contributed by atoms with Gasteiger partial charge in [0.25, 0.3) is 0 Å². The van der Waals surface area contributed by atoms with E-state index in [0.29, 0.717) is 12.8 Å². The molecule has 0 bridgehead atoms. The molecule has 3 aliphatic rings. The maximum absolute atomic E-state index is 13.5. The summed E-state index contributed by atoms with van der Waals surface area (Å²) in [5.41, 5.74) is 0. The summed E-state index contributed by atoms with van der Waals surface area (Å²) in [4.78, 5) is 13.5. The molecule has 0 spiro atoms. The highest BCUT2D eigenvalue weighted by atomic mass is 16.8. The summed E-state index contributed by atoms with van der Waals surface area (Å²) in [7, 11) is 0. The number of carbonyl (C=O) groups excluding carboxylic acids is 1. The number of hydrogen-bond acceptors (Lipinski definition) is 18. The highest BCUT2D eigenvalue weighted by molar-refractivity contribution is 5.76. The molecule has 12 N–H and O–H groups in total. The van der Waals surface area contributed by atoms with Crippen LogP contribution in [0.3, 0.4) is 0 Å². The molecule has 17 unspecified atom stereocenters. The quantitative estimate of drug-likeness (QED) is 0.0199. The van der Waals surface area contributed by atoms with Crippen LogP contribution in [0.25, 0.3) is 0 Å². The Labute approximate surface area is 644 Å². The fourth-order valence-corrected chi connectivity index (χ4v) is 15.1. The SMILES string of the molecule is CCCCCCCCCCCCCCCCC/C=C/CC/C=C/CC/C=C/C(O)C(COC1OC(CO)C(OC2OC(CO)C(OC3OC(CO)C(O)C(O)C3O)C(O)C2O)C(O)C1O)NC(=O)CCCCCCCCCCCCCCCCCCCCCCCCCCCCCCCCCCCCCC. The molecule has 624 valence electrons. The van der Waals surface area contributed by atoms with E-state index in [-0.39, 0.29) is 18.9 Å². The lowest BCUT2D eigenvalue weighted by Crippen LogP contribution is -2.66. The molecule has 1 amide bonds. The maximum atomic E-state index is 13.5. The zero-order valence-electron chi connectivity index (χ0n) is 67.2. The lowest BCUT2D eigenvalue weighted by Gasteiger charge is -2.48. The van der Waals surface area contributed by atoms with E-state index in [4.69, 9.17) is 28.4 Å². The summed E-state index contributed by atoms with van der Waals surface area (Å²) in [5.74, 6) is -0.281. The molecule has 106 heavy (non-hydrogen) atoms. The first kappa shape index (κ1) is 98.2. The number of rotatable bonds is 72. The van der Waals surface area contributed by atoms with Gasteiger partial charge in [-0.1, -0.05) is 365 Å². The molecule has 19 heteroatoms. The Morgan fingerprint density at radius 1 is 0.330 bits per heavy atom. The van der Waals surface area contributed by atoms with Crippen LogP contribution in [-0.2, 0) is 33.2 Å². The Morgan fingerprint density at radius 3 is 0.943 bits per heavy atom. The van der Waals surface area contributed by atoms with E-state index in [0.717, 1.165) is 44.9 Å². The summed E-state index contributed by atoms with van der Waals surface area (Å²) in [6.45, 7) is 1.78. The minimum absolute atomic E-state index is 0.237. The number of carbonyl (C=O) groups is 1. The predicted octanol–water partition coefficient (Wildman–Crippen LogP) is 16.2. The summed E-state index contributed by atoms with van der Waals surface area (Å²) in [6.07, 6.45) is 58.8. The molecule has 3 rings (SSSR count). The molecule has 3 fully saturated rings. The Balaban J connectivity index is 1.33. The van der Waals surface area contributed by atoms with Gasteiger partial charge >= 0.3 is 0 Å². The van der Waals surface area contributed by atoms with E-state index in [1.54, 1.807) is 6.08 Å². The second-order valence-electron chi connectivity index (χ2n) is 31.7. The average Bonchev–Trinajstić information content (AvgIpc) is 0.781. The van der Waals surface area contributed by atoms with Gasteiger partial charge in [0.15, 0.2) is 18.9 Å². The number of hydrogen-bond donors (Lipinski definition) is 12.